The molecule has 0 saturated heterocycles. The van der Waals surface area contributed by atoms with Crippen LogP contribution in [0, 0.1) is 0 Å². The summed E-state index contributed by atoms with van der Waals surface area (Å²) in [7, 11) is 0. The van der Waals surface area contributed by atoms with Gasteiger partial charge in [0.1, 0.15) is 0 Å². The van der Waals surface area contributed by atoms with Crippen LogP contribution in [-0.2, 0) is 0 Å². The molecule has 0 nitrogen and oxygen atoms in total. The second-order valence-corrected chi connectivity index (χ2v) is 9.06. The summed E-state index contributed by atoms with van der Waals surface area (Å²) in [6.07, 6.45) is 4.41. The molecule has 4 rings (SSSR count). The van der Waals surface area contributed by atoms with Crippen molar-refractivity contribution < 1.29 is 0 Å². The summed E-state index contributed by atoms with van der Waals surface area (Å²) in [6.45, 7) is 0. The highest BCUT2D eigenvalue weighted by Gasteiger charge is 2.02. The predicted molar refractivity (Wildman–Crippen MR) is 108 cm³/mol. The highest BCUT2D eigenvalue weighted by Crippen LogP contribution is 2.32. The van der Waals surface area contributed by atoms with Gasteiger partial charge in [-0.3, -0.25) is 0 Å². The summed E-state index contributed by atoms with van der Waals surface area (Å²) in [4.78, 5) is 2.57. The Bertz CT molecular complexity index is 926. The normalized spacial score (nSPS) is 11.9. The first-order chi connectivity index (χ1) is 10.7. The van der Waals surface area contributed by atoms with Crippen molar-refractivity contribution in [3.05, 3.63) is 67.2 Å². The minimum absolute atomic E-state index is 1.13. The van der Waals surface area contributed by atoms with Crippen molar-refractivity contribution in [1.29, 1.82) is 0 Å². The molecule has 0 bridgehead atoms. The Hall–Kier alpha value is -0.940. The van der Waals surface area contributed by atoms with E-state index in [1.165, 1.54) is 29.9 Å². The molecule has 0 saturated carbocycles. The van der Waals surface area contributed by atoms with Gasteiger partial charge in [-0.25, -0.2) is 0 Å². The number of thiophene rings is 2. The Balaban J connectivity index is 1.68. The Morgan fingerprint density at radius 2 is 1.09 bits per heavy atom. The molecule has 0 aliphatic heterocycles. The highest BCUT2D eigenvalue weighted by atomic mass is 79.9. The first-order valence-corrected chi connectivity index (χ1v) is 9.95. The molecule has 4 aromatic rings. The minimum atomic E-state index is 1.13. The Morgan fingerprint density at radius 1 is 0.636 bits per heavy atom. The van der Waals surface area contributed by atoms with Crippen molar-refractivity contribution >= 4 is 86.9 Å². The van der Waals surface area contributed by atoms with Crippen molar-refractivity contribution in [2.24, 2.45) is 0 Å². The van der Waals surface area contributed by atoms with E-state index in [-0.39, 0.29) is 0 Å². The number of hydrogen-bond acceptors (Lipinski definition) is 2. The number of rotatable bonds is 2. The molecule has 108 valence electrons. The second-order valence-electron chi connectivity index (χ2n) is 5.00. The SMILES string of the molecule is Brc1ccc2sc(/C=C/c3cc4cc(Br)ccc4s3)cc2c1. The number of fused-ring (bicyclic) bond motifs is 2. The molecule has 0 fully saturated rings. The van der Waals surface area contributed by atoms with Gasteiger partial charge in [0, 0.05) is 28.1 Å². The van der Waals surface area contributed by atoms with Gasteiger partial charge in [-0.05, 0) is 71.5 Å². The van der Waals surface area contributed by atoms with Gasteiger partial charge in [-0.2, -0.15) is 0 Å². The average Bonchev–Trinajstić information content (AvgIpc) is 3.07. The average molecular weight is 450 g/mol. The van der Waals surface area contributed by atoms with Gasteiger partial charge >= 0.3 is 0 Å². The molecule has 2 heterocycles. The second kappa shape index (κ2) is 5.93. The Morgan fingerprint density at radius 3 is 1.55 bits per heavy atom. The summed E-state index contributed by atoms with van der Waals surface area (Å²) < 4.78 is 4.90. The van der Waals surface area contributed by atoms with Crippen molar-refractivity contribution in [2.45, 2.75) is 0 Å². The molecule has 4 heteroatoms. The van der Waals surface area contributed by atoms with E-state index in [4.69, 9.17) is 0 Å². The van der Waals surface area contributed by atoms with Gasteiger partial charge in [0.2, 0.25) is 0 Å². The molecular formula is C18H10Br2S2. The van der Waals surface area contributed by atoms with Gasteiger partial charge in [-0.15, -0.1) is 22.7 Å². The number of halogens is 2. The molecule has 0 aliphatic rings. The van der Waals surface area contributed by atoms with Crippen molar-refractivity contribution in [2.75, 3.05) is 0 Å². The maximum Gasteiger partial charge on any atom is 0.0349 e. The summed E-state index contributed by atoms with van der Waals surface area (Å²) >= 11 is 10.7. The summed E-state index contributed by atoms with van der Waals surface area (Å²) in [5, 5.41) is 2.58. The summed E-state index contributed by atoms with van der Waals surface area (Å²) in [6, 6.07) is 17.3. The van der Waals surface area contributed by atoms with Crippen LogP contribution in [-0.4, -0.2) is 0 Å². The zero-order chi connectivity index (χ0) is 15.1. The van der Waals surface area contributed by atoms with E-state index in [9.17, 15) is 0 Å². The minimum Gasteiger partial charge on any atom is -0.136 e. The third kappa shape index (κ3) is 2.93. The maximum atomic E-state index is 3.53. The standard InChI is InChI=1S/C18H10Br2S2/c19-13-1-5-17-11(7-13)9-15(21-17)3-4-16-10-12-8-14(20)2-6-18(12)22-16/h1-10H/b4-3+. The van der Waals surface area contributed by atoms with Crippen LogP contribution < -0.4 is 0 Å². The lowest BCUT2D eigenvalue weighted by atomic mass is 10.2. The molecule has 0 radical (unpaired) electrons. The van der Waals surface area contributed by atoms with Crippen molar-refractivity contribution in [3.8, 4) is 0 Å². The molecule has 2 aromatic heterocycles. The molecule has 22 heavy (non-hydrogen) atoms. The molecule has 0 atom stereocenters. The molecule has 0 N–H and O–H groups in total. The van der Waals surface area contributed by atoms with Crippen LogP contribution >= 0.6 is 54.5 Å². The molecule has 2 aromatic carbocycles. The smallest absolute Gasteiger partial charge is 0.0349 e. The van der Waals surface area contributed by atoms with E-state index in [0.717, 1.165) is 8.95 Å². The van der Waals surface area contributed by atoms with Crippen LogP contribution in [0.1, 0.15) is 9.75 Å². The fourth-order valence-electron chi connectivity index (χ4n) is 2.40. The fourth-order valence-corrected chi connectivity index (χ4v) is 5.05. The van der Waals surface area contributed by atoms with Crippen LogP contribution in [0.5, 0.6) is 0 Å². The molecule has 0 aliphatic carbocycles. The third-order valence-electron chi connectivity index (χ3n) is 3.41. The number of benzene rings is 2. The van der Waals surface area contributed by atoms with Gasteiger partial charge in [0.15, 0.2) is 0 Å². The van der Waals surface area contributed by atoms with E-state index in [1.54, 1.807) is 0 Å². The van der Waals surface area contributed by atoms with E-state index < -0.39 is 0 Å². The van der Waals surface area contributed by atoms with Crippen LogP contribution in [0.4, 0.5) is 0 Å². The van der Waals surface area contributed by atoms with Gasteiger partial charge in [-0.1, -0.05) is 31.9 Å². The topological polar surface area (TPSA) is 0 Å². The third-order valence-corrected chi connectivity index (χ3v) is 6.56. The van der Waals surface area contributed by atoms with Crippen molar-refractivity contribution in [1.82, 2.24) is 0 Å². The molecule has 0 spiro atoms. The van der Waals surface area contributed by atoms with Crippen LogP contribution in [0.25, 0.3) is 32.3 Å². The zero-order valence-corrected chi connectivity index (χ0v) is 16.2. The lowest BCUT2D eigenvalue weighted by molar-refractivity contribution is 1.76. The van der Waals surface area contributed by atoms with E-state index >= 15 is 0 Å². The van der Waals surface area contributed by atoms with Crippen molar-refractivity contribution in [3.63, 3.8) is 0 Å². The predicted octanol–water partition coefficient (Wildman–Crippen LogP) is 7.81. The fraction of sp³-hybridized carbons (Fsp3) is 0. The summed E-state index contributed by atoms with van der Waals surface area (Å²) in [5.41, 5.74) is 0. The van der Waals surface area contributed by atoms with E-state index in [2.05, 4.69) is 92.5 Å². The van der Waals surface area contributed by atoms with Gasteiger partial charge in [0.05, 0.1) is 0 Å². The van der Waals surface area contributed by atoms with E-state index in [1.807, 2.05) is 22.7 Å². The lowest BCUT2D eigenvalue weighted by Crippen LogP contribution is -1.62. The van der Waals surface area contributed by atoms with Gasteiger partial charge < -0.3 is 0 Å². The van der Waals surface area contributed by atoms with Crippen LogP contribution in [0.3, 0.4) is 0 Å². The Labute approximate surface area is 153 Å². The molecular weight excluding hydrogens is 440 g/mol. The van der Waals surface area contributed by atoms with E-state index in [0.29, 0.717) is 0 Å². The highest BCUT2D eigenvalue weighted by molar-refractivity contribution is 9.10. The summed E-state index contributed by atoms with van der Waals surface area (Å²) in [5.74, 6) is 0. The zero-order valence-electron chi connectivity index (χ0n) is 11.3. The Kier molecular flexibility index (Phi) is 3.95. The van der Waals surface area contributed by atoms with Crippen LogP contribution in [0.15, 0.2) is 57.5 Å². The van der Waals surface area contributed by atoms with Gasteiger partial charge in [0.25, 0.3) is 0 Å². The van der Waals surface area contributed by atoms with Crippen LogP contribution in [0.2, 0.25) is 0 Å². The largest absolute Gasteiger partial charge is 0.136 e. The first-order valence-electron chi connectivity index (χ1n) is 6.74. The number of hydrogen-bond donors (Lipinski definition) is 0. The molecule has 0 unspecified atom stereocenters. The maximum absolute atomic E-state index is 3.53. The molecule has 0 amide bonds. The first kappa shape index (κ1) is 14.6. The monoisotopic (exact) mass is 448 g/mol. The quantitative estimate of drug-likeness (QED) is 0.292. The lowest BCUT2D eigenvalue weighted by Gasteiger charge is -1.88.